The average molecular weight is 298 g/mol. The lowest BCUT2D eigenvalue weighted by Crippen LogP contribution is -2.51. The van der Waals surface area contributed by atoms with E-state index < -0.39 is 12.1 Å². The summed E-state index contributed by atoms with van der Waals surface area (Å²) in [5, 5.41) is 5.87. The molecular formula is C14H20ClN3O2. The summed E-state index contributed by atoms with van der Waals surface area (Å²) in [5.41, 5.74) is 6.00. The minimum Gasteiger partial charge on any atom is -0.352 e. The second kappa shape index (κ2) is 7.75. The maximum atomic E-state index is 12.1. The van der Waals surface area contributed by atoms with Crippen molar-refractivity contribution in [1.29, 1.82) is 0 Å². The van der Waals surface area contributed by atoms with Crippen molar-refractivity contribution < 1.29 is 9.59 Å². The minimum absolute atomic E-state index is 0.00172. The van der Waals surface area contributed by atoms with E-state index in [1.165, 1.54) is 0 Å². The van der Waals surface area contributed by atoms with Crippen LogP contribution in [0.15, 0.2) is 24.3 Å². The highest BCUT2D eigenvalue weighted by molar-refractivity contribution is 6.30. The van der Waals surface area contributed by atoms with Gasteiger partial charge in [-0.25, -0.2) is 4.79 Å². The third-order valence-corrected chi connectivity index (χ3v) is 3.38. The highest BCUT2D eigenvalue weighted by atomic mass is 35.5. The third-order valence-electron chi connectivity index (χ3n) is 3.15. The van der Waals surface area contributed by atoms with Crippen LogP contribution in [-0.2, 0) is 11.3 Å². The summed E-state index contributed by atoms with van der Waals surface area (Å²) in [6, 6.07) is 5.90. The van der Waals surface area contributed by atoms with Crippen molar-refractivity contribution in [1.82, 2.24) is 10.6 Å². The van der Waals surface area contributed by atoms with Crippen molar-refractivity contribution in [2.45, 2.75) is 32.9 Å². The first kappa shape index (κ1) is 16.3. The van der Waals surface area contributed by atoms with Crippen molar-refractivity contribution in [3.05, 3.63) is 34.9 Å². The Hall–Kier alpha value is -1.75. The zero-order valence-electron chi connectivity index (χ0n) is 11.7. The van der Waals surface area contributed by atoms with Gasteiger partial charge in [0.05, 0.1) is 0 Å². The van der Waals surface area contributed by atoms with Gasteiger partial charge in [-0.1, -0.05) is 44.0 Å². The fourth-order valence-corrected chi connectivity index (χ4v) is 2.01. The van der Waals surface area contributed by atoms with E-state index >= 15 is 0 Å². The summed E-state index contributed by atoms with van der Waals surface area (Å²) in [4.78, 5) is 23.1. The Morgan fingerprint density at radius 1 is 1.40 bits per heavy atom. The largest absolute Gasteiger partial charge is 0.352 e. The smallest absolute Gasteiger partial charge is 0.312 e. The van der Waals surface area contributed by atoms with Gasteiger partial charge in [0, 0.05) is 11.6 Å². The zero-order chi connectivity index (χ0) is 15.1. The molecule has 0 aliphatic rings. The zero-order valence-corrected chi connectivity index (χ0v) is 12.4. The minimum atomic E-state index is -0.701. The van der Waals surface area contributed by atoms with Crippen LogP contribution in [-0.4, -0.2) is 18.0 Å². The molecule has 0 spiro atoms. The summed E-state index contributed by atoms with van der Waals surface area (Å²) in [5.74, 6) is -0.250. The predicted octanol–water partition coefficient (Wildman–Crippen LogP) is 2.04. The Morgan fingerprint density at radius 2 is 2.10 bits per heavy atom. The monoisotopic (exact) mass is 297 g/mol. The lowest BCUT2D eigenvalue weighted by molar-refractivity contribution is -0.124. The summed E-state index contributed by atoms with van der Waals surface area (Å²) in [7, 11) is 0. The van der Waals surface area contributed by atoms with Crippen LogP contribution >= 0.6 is 11.6 Å². The van der Waals surface area contributed by atoms with Crippen LogP contribution in [0.25, 0.3) is 0 Å². The van der Waals surface area contributed by atoms with E-state index in [0.717, 1.165) is 12.0 Å². The second-order valence-electron chi connectivity index (χ2n) is 4.72. The van der Waals surface area contributed by atoms with Gasteiger partial charge < -0.3 is 16.4 Å². The predicted molar refractivity (Wildman–Crippen MR) is 79.3 cm³/mol. The van der Waals surface area contributed by atoms with E-state index in [1.807, 2.05) is 26.0 Å². The van der Waals surface area contributed by atoms with Crippen LogP contribution in [0.2, 0.25) is 5.02 Å². The fourth-order valence-electron chi connectivity index (χ4n) is 1.80. The second-order valence-corrected chi connectivity index (χ2v) is 5.16. The number of nitrogens with two attached hydrogens (primary N) is 1. The number of amides is 3. The van der Waals surface area contributed by atoms with Crippen molar-refractivity contribution in [2.75, 3.05) is 0 Å². The molecule has 2 atom stereocenters. The number of halogens is 1. The molecule has 1 aromatic rings. The first-order valence-corrected chi connectivity index (χ1v) is 6.90. The molecule has 3 amide bonds. The Balaban J connectivity index is 2.64. The number of carbonyl (C=O) groups is 2. The first-order valence-electron chi connectivity index (χ1n) is 6.52. The average Bonchev–Trinajstić information content (AvgIpc) is 2.41. The number of rotatable bonds is 6. The number of urea groups is 1. The topological polar surface area (TPSA) is 84.2 Å². The highest BCUT2D eigenvalue weighted by Crippen LogP contribution is 2.11. The molecule has 0 radical (unpaired) electrons. The van der Waals surface area contributed by atoms with E-state index in [4.69, 9.17) is 17.3 Å². The van der Waals surface area contributed by atoms with E-state index in [1.54, 1.807) is 12.1 Å². The molecule has 0 aliphatic carbocycles. The number of benzene rings is 1. The van der Waals surface area contributed by atoms with Gasteiger partial charge in [0.25, 0.3) is 0 Å². The van der Waals surface area contributed by atoms with Gasteiger partial charge in [0.15, 0.2) is 0 Å². The Kier molecular flexibility index (Phi) is 6.31. The molecule has 0 heterocycles. The van der Waals surface area contributed by atoms with Crippen LogP contribution in [0.1, 0.15) is 25.8 Å². The molecule has 1 rings (SSSR count). The van der Waals surface area contributed by atoms with E-state index in [0.29, 0.717) is 11.6 Å². The van der Waals surface area contributed by atoms with E-state index in [2.05, 4.69) is 10.6 Å². The lowest BCUT2D eigenvalue weighted by Gasteiger charge is -2.22. The quantitative estimate of drug-likeness (QED) is 0.750. The molecule has 20 heavy (non-hydrogen) atoms. The SMILES string of the molecule is CCC(C)C(NC(N)=O)C(=O)NCc1cccc(Cl)c1. The number of nitrogens with one attached hydrogen (secondary N) is 2. The maximum absolute atomic E-state index is 12.1. The summed E-state index contributed by atoms with van der Waals surface area (Å²) in [6.45, 7) is 4.19. The van der Waals surface area contributed by atoms with Gasteiger partial charge in [0.2, 0.25) is 5.91 Å². The van der Waals surface area contributed by atoms with Crippen LogP contribution in [0, 0.1) is 5.92 Å². The Labute approximate surface area is 123 Å². The van der Waals surface area contributed by atoms with E-state index in [-0.39, 0.29) is 11.8 Å². The standard InChI is InChI=1S/C14H20ClN3O2/c1-3-9(2)12(18-14(16)20)13(19)17-8-10-5-4-6-11(15)7-10/h4-7,9,12H,3,8H2,1-2H3,(H,17,19)(H3,16,18,20). The molecule has 0 saturated heterocycles. The highest BCUT2D eigenvalue weighted by Gasteiger charge is 2.24. The fraction of sp³-hybridized carbons (Fsp3) is 0.429. The number of primary amides is 1. The molecule has 0 fully saturated rings. The van der Waals surface area contributed by atoms with Crippen molar-refractivity contribution in [3.8, 4) is 0 Å². The van der Waals surface area contributed by atoms with Crippen molar-refractivity contribution in [2.24, 2.45) is 11.7 Å². The molecule has 4 N–H and O–H groups in total. The molecule has 5 nitrogen and oxygen atoms in total. The third kappa shape index (κ3) is 5.09. The van der Waals surface area contributed by atoms with Crippen LogP contribution in [0.5, 0.6) is 0 Å². The molecule has 0 saturated carbocycles. The first-order chi connectivity index (χ1) is 9.43. The molecule has 2 unspecified atom stereocenters. The van der Waals surface area contributed by atoms with Gasteiger partial charge in [-0.2, -0.15) is 0 Å². The molecule has 6 heteroatoms. The summed E-state index contributed by atoms with van der Waals surface area (Å²) in [6.07, 6.45) is 0.759. The van der Waals surface area contributed by atoms with Gasteiger partial charge >= 0.3 is 6.03 Å². The molecule has 110 valence electrons. The van der Waals surface area contributed by atoms with Crippen LogP contribution in [0.3, 0.4) is 0 Å². The van der Waals surface area contributed by atoms with Gasteiger partial charge in [-0.15, -0.1) is 0 Å². The lowest BCUT2D eigenvalue weighted by atomic mass is 9.98. The number of carbonyl (C=O) groups excluding carboxylic acids is 2. The molecule has 0 aromatic heterocycles. The molecule has 1 aromatic carbocycles. The van der Waals surface area contributed by atoms with Crippen molar-refractivity contribution >= 4 is 23.5 Å². The molecule has 0 aliphatic heterocycles. The number of hydrogen-bond acceptors (Lipinski definition) is 2. The van der Waals surface area contributed by atoms with Gasteiger partial charge in [-0.3, -0.25) is 4.79 Å². The van der Waals surface area contributed by atoms with Crippen LogP contribution in [0.4, 0.5) is 4.79 Å². The van der Waals surface area contributed by atoms with Gasteiger partial charge in [-0.05, 0) is 23.6 Å². The van der Waals surface area contributed by atoms with E-state index in [9.17, 15) is 9.59 Å². The van der Waals surface area contributed by atoms with Gasteiger partial charge in [0.1, 0.15) is 6.04 Å². The Bertz CT molecular complexity index is 479. The Morgan fingerprint density at radius 3 is 2.65 bits per heavy atom. The molecule has 0 bridgehead atoms. The summed E-state index contributed by atoms with van der Waals surface area (Å²) >= 11 is 5.88. The maximum Gasteiger partial charge on any atom is 0.312 e. The number of hydrogen-bond donors (Lipinski definition) is 3. The van der Waals surface area contributed by atoms with Crippen LogP contribution < -0.4 is 16.4 Å². The normalized spacial score (nSPS) is 13.3. The molecular weight excluding hydrogens is 278 g/mol. The van der Waals surface area contributed by atoms with Crippen molar-refractivity contribution in [3.63, 3.8) is 0 Å². The summed E-state index contributed by atoms with van der Waals surface area (Å²) < 4.78 is 0.